The van der Waals surface area contributed by atoms with E-state index in [9.17, 15) is 4.79 Å². The number of aromatic nitrogens is 1. The summed E-state index contributed by atoms with van der Waals surface area (Å²) in [7, 11) is 0. The van der Waals surface area contributed by atoms with Crippen molar-refractivity contribution < 1.29 is 9.53 Å². The summed E-state index contributed by atoms with van der Waals surface area (Å²) in [6.45, 7) is 2.22. The smallest absolute Gasteiger partial charge is 0.367 e. The van der Waals surface area contributed by atoms with Gasteiger partial charge in [-0.15, -0.1) is 11.3 Å². The highest BCUT2D eigenvalue weighted by Crippen LogP contribution is 2.34. The molecule has 0 amide bonds. The van der Waals surface area contributed by atoms with Crippen molar-refractivity contribution in [3.63, 3.8) is 0 Å². The topological polar surface area (TPSA) is 39.2 Å². The molecule has 0 spiro atoms. The van der Waals surface area contributed by atoms with Crippen molar-refractivity contribution in [1.29, 1.82) is 0 Å². The third-order valence-corrected chi connectivity index (χ3v) is 3.59. The lowest BCUT2D eigenvalue weighted by Crippen LogP contribution is -2.04. The highest BCUT2D eigenvalue weighted by molar-refractivity contribution is 7.11. The van der Waals surface area contributed by atoms with Gasteiger partial charge >= 0.3 is 5.97 Å². The number of nitrogens with zero attached hydrogens (tertiary/aromatic N) is 1. The maximum absolute atomic E-state index is 11.4. The van der Waals surface area contributed by atoms with Gasteiger partial charge in [-0.05, 0) is 19.8 Å². The molecule has 0 bridgehead atoms. The summed E-state index contributed by atoms with van der Waals surface area (Å²) >= 11 is 1.40. The molecule has 2 rings (SSSR count). The van der Waals surface area contributed by atoms with Gasteiger partial charge in [-0.1, -0.05) is 12.8 Å². The molecule has 0 aromatic carbocycles. The normalized spacial score (nSPS) is 16.9. The average Bonchev–Trinajstić information content (AvgIpc) is 2.89. The number of rotatable bonds is 3. The van der Waals surface area contributed by atoms with Crippen molar-refractivity contribution in [3.05, 3.63) is 16.1 Å². The first kappa shape index (κ1) is 10.6. The number of ether oxygens (including phenoxy) is 1. The van der Waals surface area contributed by atoms with E-state index >= 15 is 0 Å². The van der Waals surface area contributed by atoms with Crippen molar-refractivity contribution in [2.75, 3.05) is 6.61 Å². The number of carbonyl (C=O) groups is 1. The van der Waals surface area contributed by atoms with Crippen LogP contribution < -0.4 is 0 Å². The van der Waals surface area contributed by atoms with Gasteiger partial charge in [0.1, 0.15) is 0 Å². The second-order valence-corrected chi connectivity index (χ2v) is 4.64. The molecule has 82 valence electrons. The third-order valence-electron chi connectivity index (χ3n) is 2.75. The molecule has 1 heterocycles. The third kappa shape index (κ3) is 2.37. The lowest BCUT2D eigenvalue weighted by atomic mass is 10.1. The van der Waals surface area contributed by atoms with E-state index in [1.807, 2.05) is 12.3 Å². The summed E-state index contributed by atoms with van der Waals surface area (Å²) in [6, 6.07) is 0. The van der Waals surface area contributed by atoms with Crippen LogP contribution in [0.4, 0.5) is 0 Å². The van der Waals surface area contributed by atoms with Crippen LogP contribution in [0.1, 0.15) is 54.0 Å². The molecule has 1 aromatic heterocycles. The first-order valence-corrected chi connectivity index (χ1v) is 6.31. The van der Waals surface area contributed by atoms with E-state index < -0.39 is 0 Å². The molecule has 0 atom stereocenters. The Labute approximate surface area is 93.5 Å². The van der Waals surface area contributed by atoms with Crippen LogP contribution in [-0.4, -0.2) is 17.6 Å². The molecule has 3 nitrogen and oxygen atoms in total. The quantitative estimate of drug-likeness (QED) is 0.742. The van der Waals surface area contributed by atoms with E-state index in [0.29, 0.717) is 17.5 Å². The Balaban J connectivity index is 2.06. The minimum Gasteiger partial charge on any atom is -0.461 e. The molecule has 0 radical (unpaired) electrons. The molecule has 0 saturated heterocycles. The Kier molecular flexibility index (Phi) is 3.36. The predicted molar refractivity (Wildman–Crippen MR) is 59.3 cm³/mol. The minimum absolute atomic E-state index is 0.285. The second kappa shape index (κ2) is 4.75. The monoisotopic (exact) mass is 225 g/mol. The van der Waals surface area contributed by atoms with E-state index in [1.54, 1.807) is 0 Å². The Morgan fingerprint density at radius 2 is 2.33 bits per heavy atom. The summed E-state index contributed by atoms with van der Waals surface area (Å²) < 4.78 is 4.91. The molecule has 0 unspecified atom stereocenters. The van der Waals surface area contributed by atoms with Gasteiger partial charge in [-0.3, -0.25) is 0 Å². The molecule has 15 heavy (non-hydrogen) atoms. The maximum Gasteiger partial charge on any atom is 0.367 e. The number of carbonyl (C=O) groups excluding carboxylic acids is 1. The zero-order chi connectivity index (χ0) is 10.7. The van der Waals surface area contributed by atoms with Gasteiger partial charge in [-0.2, -0.15) is 0 Å². The van der Waals surface area contributed by atoms with Crippen LogP contribution in [0.25, 0.3) is 0 Å². The molecule has 1 aromatic rings. The van der Waals surface area contributed by atoms with Gasteiger partial charge in [0.05, 0.1) is 12.3 Å². The molecule has 1 aliphatic carbocycles. The predicted octanol–water partition coefficient (Wildman–Crippen LogP) is 2.98. The van der Waals surface area contributed by atoms with Gasteiger partial charge in [0.2, 0.25) is 5.01 Å². The molecular weight excluding hydrogens is 210 g/mol. The van der Waals surface area contributed by atoms with Crippen LogP contribution >= 0.6 is 11.3 Å². The van der Waals surface area contributed by atoms with Crippen LogP contribution in [0, 0.1) is 0 Å². The number of esters is 1. The second-order valence-electron chi connectivity index (χ2n) is 3.78. The molecule has 0 N–H and O–H groups in total. The Bertz CT molecular complexity index is 342. The van der Waals surface area contributed by atoms with Crippen molar-refractivity contribution in [2.45, 2.75) is 38.5 Å². The van der Waals surface area contributed by atoms with Crippen molar-refractivity contribution >= 4 is 17.3 Å². The molecule has 1 fully saturated rings. The first-order valence-electron chi connectivity index (χ1n) is 5.43. The minimum atomic E-state index is -0.285. The van der Waals surface area contributed by atoms with E-state index in [4.69, 9.17) is 4.74 Å². The average molecular weight is 225 g/mol. The van der Waals surface area contributed by atoms with Crippen LogP contribution in [0.5, 0.6) is 0 Å². The summed E-state index contributed by atoms with van der Waals surface area (Å²) in [4.78, 5) is 15.8. The van der Waals surface area contributed by atoms with Crippen LogP contribution in [0.15, 0.2) is 5.38 Å². The van der Waals surface area contributed by atoms with Gasteiger partial charge in [0.25, 0.3) is 0 Å². The van der Waals surface area contributed by atoms with Crippen molar-refractivity contribution in [3.8, 4) is 0 Å². The van der Waals surface area contributed by atoms with E-state index in [2.05, 4.69) is 4.98 Å². The van der Waals surface area contributed by atoms with Crippen LogP contribution in [-0.2, 0) is 4.74 Å². The number of hydrogen-bond acceptors (Lipinski definition) is 4. The van der Waals surface area contributed by atoms with Gasteiger partial charge in [0, 0.05) is 11.3 Å². The van der Waals surface area contributed by atoms with E-state index in [1.165, 1.54) is 37.0 Å². The fourth-order valence-electron chi connectivity index (χ4n) is 1.98. The zero-order valence-corrected chi connectivity index (χ0v) is 9.68. The fourth-order valence-corrected chi connectivity index (χ4v) is 2.77. The number of thiazole rings is 1. The summed E-state index contributed by atoms with van der Waals surface area (Å²) in [5.74, 6) is 0.288. The van der Waals surface area contributed by atoms with Crippen molar-refractivity contribution in [2.24, 2.45) is 0 Å². The summed E-state index contributed by atoms with van der Waals surface area (Å²) in [5.41, 5.74) is 1.08. The molecule has 1 aliphatic rings. The highest BCUT2D eigenvalue weighted by atomic mass is 32.1. The van der Waals surface area contributed by atoms with Gasteiger partial charge < -0.3 is 4.74 Å². The van der Waals surface area contributed by atoms with E-state index in [-0.39, 0.29) is 5.97 Å². The highest BCUT2D eigenvalue weighted by Gasteiger charge is 2.21. The van der Waals surface area contributed by atoms with Crippen molar-refractivity contribution in [1.82, 2.24) is 4.98 Å². The van der Waals surface area contributed by atoms with Crippen LogP contribution in [0.2, 0.25) is 0 Å². The molecular formula is C11H15NO2S. The Morgan fingerprint density at radius 1 is 1.60 bits per heavy atom. The summed E-state index contributed by atoms with van der Waals surface area (Å²) in [6.07, 6.45) is 5.01. The lowest BCUT2D eigenvalue weighted by molar-refractivity contribution is 0.0525. The van der Waals surface area contributed by atoms with Gasteiger partial charge in [0.15, 0.2) is 0 Å². The zero-order valence-electron chi connectivity index (χ0n) is 8.86. The number of hydrogen-bond donors (Lipinski definition) is 0. The molecule has 0 aliphatic heterocycles. The lowest BCUT2D eigenvalue weighted by Gasteiger charge is -2.03. The standard InChI is InChI=1S/C11H15NO2S/c1-2-14-11(13)10-12-9(7-15-10)8-5-3-4-6-8/h7-8H,2-6H2,1H3. The SMILES string of the molecule is CCOC(=O)c1nc(C2CCCC2)cs1. The van der Waals surface area contributed by atoms with E-state index in [0.717, 1.165) is 5.69 Å². The maximum atomic E-state index is 11.4. The van der Waals surface area contributed by atoms with Gasteiger partial charge in [-0.25, -0.2) is 9.78 Å². The largest absolute Gasteiger partial charge is 0.461 e. The molecule has 4 heteroatoms. The van der Waals surface area contributed by atoms with Crippen LogP contribution in [0.3, 0.4) is 0 Å². The summed E-state index contributed by atoms with van der Waals surface area (Å²) in [5, 5.41) is 2.50. The molecule has 1 saturated carbocycles. The first-order chi connectivity index (χ1) is 7.31. The fraction of sp³-hybridized carbons (Fsp3) is 0.636. The Morgan fingerprint density at radius 3 is 3.00 bits per heavy atom. The Hall–Kier alpha value is -0.900.